The summed E-state index contributed by atoms with van der Waals surface area (Å²) in [7, 11) is 1.59. The molecule has 142 valence electrons. The van der Waals surface area contributed by atoms with Crippen molar-refractivity contribution in [2.75, 3.05) is 23.9 Å². The van der Waals surface area contributed by atoms with Crippen LogP contribution in [0.1, 0.15) is 43.7 Å². The van der Waals surface area contributed by atoms with Crippen molar-refractivity contribution in [3.63, 3.8) is 0 Å². The van der Waals surface area contributed by atoms with Gasteiger partial charge in [0.15, 0.2) is 0 Å². The van der Waals surface area contributed by atoms with E-state index in [1.807, 2.05) is 24.3 Å². The Morgan fingerprint density at radius 3 is 2.78 bits per heavy atom. The van der Waals surface area contributed by atoms with Crippen LogP contribution in [-0.2, 0) is 4.79 Å². The van der Waals surface area contributed by atoms with Gasteiger partial charge in [0, 0.05) is 31.0 Å². The largest absolute Gasteiger partial charge is 0.495 e. The molecule has 1 aromatic carbocycles. The van der Waals surface area contributed by atoms with E-state index in [4.69, 9.17) is 4.74 Å². The maximum absolute atomic E-state index is 12.6. The van der Waals surface area contributed by atoms with Crippen LogP contribution in [0.2, 0.25) is 0 Å². The van der Waals surface area contributed by atoms with Crippen molar-refractivity contribution in [1.82, 2.24) is 9.97 Å². The van der Waals surface area contributed by atoms with E-state index in [0.29, 0.717) is 36.4 Å². The molecule has 7 heteroatoms. The van der Waals surface area contributed by atoms with Crippen molar-refractivity contribution in [2.45, 2.75) is 44.1 Å². The van der Waals surface area contributed by atoms with Gasteiger partial charge in [0.1, 0.15) is 5.75 Å². The third kappa shape index (κ3) is 3.67. The van der Waals surface area contributed by atoms with Gasteiger partial charge in [-0.05, 0) is 25.0 Å². The number of carbonyl (C=O) groups is 1. The minimum absolute atomic E-state index is 0.0110. The number of H-pyrrole nitrogens is 1. The van der Waals surface area contributed by atoms with Crippen molar-refractivity contribution in [2.24, 2.45) is 0 Å². The van der Waals surface area contributed by atoms with Gasteiger partial charge in [-0.15, -0.1) is 0 Å². The van der Waals surface area contributed by atoms with Gasteiger partial charge in [0.05, 0.1) is 18.5 Å². The van der Waals surface area contributed by atoms with Gasteiger partial charge in [0.25, 0.3) is 5.56 Å². The van der Waals surface area contributed by atoms with E-state index in [-0.39, 0.29) is 17.4 Å². The highest BCUT2D eigenvalue weighted by Crippen LogP contribution is 2.35. The van der Waals surface area contributed by atoms with Crippen molar-refractivity contribution in [3.8, 4) is 5.75 Å². The summed E-state index contributed by atoms with van der Waals surface area (Å²) in [6.45, 7) is 0.485. The smallest absolute Gasteiger partial charge is 0.252 e. The predicted molar refractivity (Wildman–Crippen MR) is 103 cm³/mol. The number of para-hydroxylation sites is 2. The summed E-state index contributed by atoms with van der Waals surface area (Å²) in [6, 6.07) is 9.33. The average Bonchev–Trinajstić information content (AvgIpc) is 3.31. The van der Waals surface area contributed by atoms with Crippen LogP contribution in [0.3, 0.4) is 0 Å². The van der Waals surface area contributed by atoms with Crippen LogP contribution < -0.4 is 20.5 Å². The zero-order valence-electron chi connectivity index (χ0n) is 15.4. The number of ether oxygens (including phenoxy) is 1. The molecule has 1 aliphatic carbocycles. The van der Waals surface area contributed by atoms with Gasteiger partial charge in [-0.25, -0.2) is 4.98 Å². The van der Waals surface area contributed by atoms with E-state index in [1.54, 1.807) is 12.0 Å². The standard InChI is InChI=1S/C20H24N4O3/c1-27-17-9-5-4-8-16(17)24-12-13(10-19(24)26)15-11-18(25)23-20(22-15)21-14-6-2-3-7-14/h4-5,8-9,11,13-14H,2-3,6-7,10,12H2,1H3,(H2,21,22,23,25). The lowest BCUT2D eigenvalue weighted by atomic mass is 10.0. The molecule has 2 aromatic rings. The van der Waals surface area contributed by atoms with E-state index < -0.39 is 0 Å². The normalized spacial score (nSPS) is 20.3. The number of aromatic nitrogens is 2. The van der Waals surface area contributed by atoms with Crippen molar-refractivity contribution in [1.29, 1.82) is 0 Å². The highest BCUT2D eigenvalue weighted by molar-refractivity contribution is 5.97. The van der Waals surface area contributed by atoms with Crippen LogP contribution in [0.5, 0.6) is 5.75 Å². The second-order valence-electron chi connectivity index (χ2n) is 7.22. The zero-order valence-corrected chi connectivity index (χ0v) is 15.4. The van der Waals surface area contributed by atoms with Crippen LogP contribution in [0.15, 0.2) is 35.1 Å². The fourth-order valence-corrected chi connectivity index (χ4v) is 4.01. The molecule has 1 unspecified atom stereocenters. The lowest BCUT2D eigenvalue weighted by Gasteiger charge is -2.19. The first-order valence-corrected chi connectivity index (χ1v) is 9.45. The summed E-state index contributed by atoms with van der Waals surface area (Å²) in [6.07, 6.45) is 4.92. The second kappa shape index (κ2) is 7.42. The Kier molecular flexibility index (Phi) is 4.83. The number of nitrogens with one attached hydrogen (secondary N) is 2. The first-order valence-electron chi connectivity index (χ1n) is 9.45. The third-order valence-electron chi connectivity index (χ3n) is 5.38. The van der Waals surface area contributed by atoms with Crippen LogP contribution >= 0.6 is 0 Å². The number of methoxy groups -OCH3 is 1. The summed E-state index contributed by atoms with van der Waals surface area (Å²) in [4.78, 5) is 33.8. The zero-order chi connectivity index (χ0) is 18.8. The fraction of sp³-hybridized carbons (Fsp3) is 0.450. The molecular formula is C20H24N4O3. The predicted octanol–water partition coefficient (Wildman–Crippen LogP) is 2.65. The minimum atomic E-state index is -0.191. The lowest BCUT2D eigenvalue weighted by molar-refractivity contribution is -0.117. The van der Waals surface area contributed by atoms with E-state index in [9.17, 15) is 9.59 Å². The molecular weight excluding hydrogens is 344 g/mol. The van der Waals surface area contributed by atoms with Crippen LogP contribution in [0.4, 0.5) is 11.6 Å². The molecule has 7 nitrogen and oxygen atoms in total. The Bertz CT molecular complexity index is 889. The SMILES string of the molecule is COc1ccccc1N1CC(c2cc(=O)[nH]c(NC3CCCC3)n2)CC1=O. The number of nitrogens with zero attached hydrogens (tertiary/aromatic N) is 2. The summed E-state index contributed by atoms with van der Waals surface area (Å²) in [5.74, 6) is 1.06. The summed E-state index contributed by atoms with van der Waals surface area (Å²) in [5.41, 5.74) is 1.22. The number of rotatable bonds is 5. The quantitative estimate of drug-likeness (QED) is 0.847. The third-order valence-corrected chi connectivity index (χ3v) is 5.38. The fourth-order valence-electron chi connectivity index (χ4n) is 4.01. The summed E-state index contributed by atoms with van der Waals surface area (Å²) in [5, 5.41) is 3.33. The summed E-state index contributed by atoms with van der Waals surface area (Å²) < 4.78 is 5.39. The van der Waals surface area contributed by atoms with E-state index in [2.05, 4.69) is 15.3 Å². The first kappa shape index (κ1) is 17.6. The Morgan fingerprint density at radius 2 is 2.00 bits per heavy atom. The Balaban J connectivity index is 1.56. The molecule has 0 bridgehead atoms. The van der Waals surface area contributed by atoms with Crippen molar-refractivity contribution >= 4 is 17.5 Å². The monoisotopic (exact) mass is 368 g/mol. The molecule has 1 saturated heterocycles. The number of benzene rings is 1. The average molecular weight is 368 g/mol. The van der Waals surface area contributed by atoms with Gasteiger partial charge < -0.3 is 15.0 Å². The number of carbonyl (C=O) groups excluding carboxylic acids is 1. The minimum Gasteiger partial charge on any atom is -0.495 e. The molecule has 2 heterocycles. The molecule has 2 aliphatic rings. The molecule has 1 aromatic heterocycles. The topological polar surface area (TPSA) is 87.3 Å². The molecule has 1 amide bonds. The molecule has 1 saturated carbocycles. The van der Waals surface area contributed by atoms with Gasteiger partial charge in [-0.2, -0.15) is 0 Å². The van der Waals surface area contributed by atoms with Crippen molar-refractivity contribution < 1.29 is 9.53 Å². The molecule has 0 spiro atoms. The highest BCUT2D eigenvalue weighted by atomic mass is 16.5. The van der Waals surface area contributed by atoms with Gasteiger partial charge in [-0.3, -0.25) is 14.6 Å². The molecule has 2 fully saturated rings. The van der Waals surface area contributed by atoms with Gasteiger partial charge in [-0.1, -0.05) is 25.0 Å². The molecule has 0 radical (unpaired) electrons. The van der Waals surface area contributed by atoms with Gasteiger partial charge >= 0.3 is 0 Å². The Morgan fingerprint density at radius 1 is 1.22 bits per heavy atom. The van der Waals surface area contributed by atoms with E-state index >= 15 is 0 Å². The molecule has 2 N–H and O–H groups in total. The van der Waals surface area contributed by atoms with Crippen molar-refractivity contribution in [3.05, 3.63) is 46.4 Å². The molecule has 27 heavy (non-hydrogen) atoms. The number of hydrogen-bond acceptors (Lipinski definition) is 5. The van der Waals surface area contributed by atoms with E-state index in [0.717, 1.165) is 18.5 Å². The number of aromatic amines is 1. The van der Waals surface area contributed by atoms with Crippen LogP contribution in [0.25, 0.3) is 0 Å². The number of anilines is 2. The maximum atomic E-state index is 12.6. The summed E-state index contributed by atoms with van der Waals surface area (Å²) >= 11 is 0. The second-order valence-corrected chi connectivity index (χ2v) is 7.22. The first-order chi connectivity index (χ1) is 13.1. The highest BCUT2D eigenvalue weighted by Gasteiger charge is 2.34. The van der Waals surface area contributed by atoms with Gasteiger partial charge in [0.2, 0.25) is 11.9 Å². The molecule has 1 atom stereocenters. The number of amides is 1. The number of hydrogen-bond donors (Lipinski definition) is 2. The van der Waals surface area contributed by atoms with E-state index in [1.165, 1.54) is 18.9 Å². The Labute approximate surface area is 157 Å². The maximum Gasteiger partial charge on any atom is 0.252 e. The molecule has 1 aliphatic heterocycles. The Hall–Kier alpha value is -2.83. The van der Waals surface area contributed by atoms with Crippen LogP contribution in [-0.4, -0.2) is 35.6 Å². The van der Waals surface area contributed by atoms with Crippen LogP contribution in [0, 0.1) is 0 Å². The molecule has 4 rings (SSSR count). The lowest BCUT2D eigenvalue weighted by Crippen LogP contribution is -2.25.